The number of carbonyl (C=O) groups is 1. The molecule has 1 saturated heterocycles. The molecule has 1 aliphatic heterocycles. The van der Waals surface area contributed by atoms with E-state index in [1.165, 1.54) is 18.2 Å². The largest absolute Gasteiger partial charge is 0.416 e. The molecule has 0 saturated carbocycles. The topological polar surface area (TPSA) is 41.1 Å². The van der Waals surface area contributed by atoms with Gasteiger partial charge in [-0.15, -0.1) is 0 Å². The molecule has 20 heavy (non-hydrogen) atoms. The molecular formula is C14H17F3N2O. The van der Waals surface area contributed by atoms with E-state index in [0.717, 1.165) is 25.6 Å². The van der Waals surface area contributed by atoms with Gasteiger partial charge in [0.15, 0.2) is 0 Å². The highest BCUT2D eigenvalue weighted by molar-refractivity contribution is 5.76. The number of hydrogen-bond acceptors (Lipinski definition) is 2. The van der Waals surface area contributed by atoms with Crippen molar-refractivity contribution in [2.75, 3.05) is 13.1 Å². The Kier molecular flexibility index (Phi) is 4.65. The molecular weight excluding hydrogens is 269 g/mol. The van der Waals surface area contributed by atoms with Crippen LogP contribution >= 0.6 is 0 Å². The summed E-state index contributed by atoms with van der Waals surface area (Å²) in [6.07, 6.45) is -3.09. The first-order valence-electron chi connectivity index (χ1n) is 6.59. The molecule has 1 aliphatic rings. The number of halogens is 3. The Bertz CT molecular complexity index is 468. The second-order valence-corrected chi connectivity index (χ2v) is 4.99. The predicted octanol–water partition coefficient (Wildman–Crippen LogP) is 2.32. The minimum atomic E-state index is -4.39. The molecule has 3 nitrogen and oxygen atoms in total. The molecule has 0 spiro atoms. The highest BCUT2D eigenvalue weighted by Crippen LogP contribution is 2.31. The van der Waals surface area contributed by atoms with E-state index in [9.17, 15) is 18.0 Å². The lowest BCUT2D eigenvalue weighted by atomic mass is 10.0. The van der Waals surface area contributed by atoms with E-state index in [1.807, 2.05) is 0 Å². The maximum Gasteiger partial charge on any atom is 0.416 e. The molecule has 1 aromatic rings. The summed E-state index contributed by atoms with van der Waals surface area (Å²) >= 11 is 0. The summed E-state index contributed by atoms with van der Waals surface area (Å²) in [5, 5.41) is 5.72. The molecule has 1 amide bonds. The molecule has 0 aliphatic carbocycles. The number of benzene rings is 1. The summed E-state index contributed by atoms with van der Waals surface area (Å²) in [7, 11) is 0. The van der Waals surface area contributed by atoms with E-state index in [-0.39, 0.29) is 23.9 Å². The first-order chi connectivity index (χ1) is 9.47. The molecule has 0 bridgehead atoms. The SMILES string of the molecule is O=C(CC1CCNC1)NCc1ccccc1C(F)(F)F. The predicted molar refractivity (Wildman–Crippen MR) is 68.9 cm³/mol. The normalized spacial score (nSPS) is 19.1. The number of hydrogen-bond donors (Lipinski definition) is 2. The molecule has 6 heteroatoms. The monoisotopic (exact) mass is 286 g/mol. The van der Waals surface area contributed by atoms with Crippen LogP contribution in [0.3, 0.4) is 0 Å². The average molecular weight is 286 g/mol. The van der Waals surface area contributed by atoms with Crippen molar-refractivity contribution in [2.45, 2.75) is 25.6 Å². The quantitative estimate of drug-likeness (QED) is 0.892. The maximum absolute atomic E-state index is 12.8. The van der Waals surface area contributed by atoms with E-state index in [0.29, 0.717) is 6.42 Å². The highest BCUT2D eigenvalue weighted by atomic mass is 19.4. The molecule has 1 heterocycles. The van der Waals surface area contributed by atoms with Crippen LogP contribution in [-0.2, 0) is 17.5 Å². The lowest BCUT2D eigenvalue weighted by Crippen LogP contribution is -2.27. The Morgan fingerprint density at radius 1 is 1.35 bits per heavy atom. The van der Waals surface area contributed by atoms with E-state index >= 15 is 0 Å². The van der Waals surface area contributed by atoms with E-state index in [1.54, 1.807) is 0 Å². The van der Waals surface area contributed by atoms with Crippen LogP contribution in [0.5, 0.6) is 0 Å². The van der Waals surface area contributed by atoms with Gasteiger partial charge in [0.1, 0.15) is 0 Å². The lowest BCUT2D eigenvalue weighted by molar-refractivity contribution is -0.138. The van der Waals surface area contributed by atoms with Crippen molar-refractivity contribution < 1.29 is 18.0 Å². The van der Waals surface area contributed by atoms with Crippen LogP contribution < -0.4 is 10.6 Å². The van der Waals surface area contributed by atoms with Crippen molar-refractivity contribution in [1.29, 1.82) is 0 Å². The number of carbonyl (C=O) groups excluding carboxylic acids is 1. The third-order valence-electron chi connectivity index (χ3n) is 3.44. The molecule has 0 aromatic heterocycles. The van der Waals surface area contributed by atoms with Gasteiger partial charge < -0.3 is 10.6 Å². The Labute approximate surface area is 115 Å². The zero-order valence-corrected chi connectivity index (χ0v) is 11.0. The molecule has 2 N–H and O–H groups in total. The van der Waals surface area contributed by atoms with Crippen molar-refractivity contribution in [1.82, 2.24) is 10.6 Å². The van der Waals surface area contributed by atoms with Gasteiger partial charge >= 0.3 is 6.18 Å². The molecule has 1 unspecified atom stereocenters. The molecule has 1 aromatic carbocycles. The summed E-state index contributed by atoms with van der Waals surface area (Å²) < 4.78 is 38.3. The van der Waals surface area contributed by atoms with Crippen molar-refractivity contribution in [2.24, 2.45) is 5.92 Å². The fraction of sp³-hybridized carbons (Fsp3) is 0.500. The van der Waals surface area contributed by atoms with Gasteiger partial charge in [0.2, 0.25) is 5.91 Å². The van der Waals surface area contributed by atoms with Crippen LogP contribution in [-0.4, -0.2) is 19.0 Å². The number of amides is 1. The highest BCUT2D eigenvalue weighted by Gasteiger charge is 2.32. The summed E-state index contributed by atoms with van der Waals surface area (Å²) in [5.41, 5.74) is -0.597. The lowest BCUT2D eigenvalue weighted by Gasteiger charge is -2.14. The summed E-state index contributed by atoms with van der Waals surface area (Å²) in [4.78, 5) is 11.7. The van der Waals surface area contributed by atoms with Crippen LogP contribution in [0.15, 0.2) is 24.3 Å². The van der Waals surface area contributed by atoms with Gasteiger partial charge in [-0.3, -0.25) is 4.79 Å². The third-order valence-corrected chi connectivity index (χ3v) is 3.44. The van der Waals surface area contributed by atoms with Gasteiger partial charge in [-0.25, -0.2) is 0 Å². The van der Waals surface area contributed by atoms with Crippen molar-refractivity contribution >= 4 is 5.91 Å². The van der Waals surface area contributed by atoms with Crippen LogP contribution in [0.25, 0.3) is 0 Å². The molecule has 1 atom stereocenters. The van der Waals surface area contributed by atoms with Crippen LogP contribution in [0, 0.1) is 5.92 Å². The minimum Gasteiger partial charge on any atom is -0.352 e. The Hall–Kier alpha value is -1.56. The minimum absolute atomic E-state index is 0.0886. The number of rotatable bonds is 4. The van der Waals surface area contributed by atoms with E-state index in [4.69, 9.17) is 0 Å². The van der Waals surface area contributed by atoms with Gasteiger partial charge in [-0.05, 0) is 37.1 Å². The summed E-state index contributed by atoms with van der Waals surface area (Å²) in [5.74, 6) is 0.0866. The Morgan fingerprint density at radius 3 is 2.75 bits per heavy atom. The first-order valence-corrected chi connectivity index (χ1v) is 6.59. The molecule has 0 radical (unpaired) electrons. The van der Waals surface area contributed by atoms with Crippen LogP contribution in [0.2, 0.25) is 0 Å². The average Bonchev–Trinajstić information content (AvgIpc) is 2.88. The van der Waals surface area contributed by atoms with Crippen molar-refractivity contribution in [3.8, 4) is 0 Å². The van der Waals surface area contributed by atoms with E-state index in [2.05, 4.69) is 10.6 Å². The third kappa shape index (κ3) is 3.96. The van der Waals surface area contributed by atoms with E-state index < -0.39 is 11.7 Å². The summed E-state index contributed by atoms with van der Waals surface area (Å²) in [6.45, 7) is 1.61. The second-order valence-electron chi connectivity index (χ2n) is 4.99. The Morgan fingerprint density at radius 2 is 2.10 bits per heavy atom. The molecule has 110 valence electrons. The van der Waals surface area contributed by atoms with Gasteiger partial charge in [0, 0.05) is 13.0 Å². The smallest absolute Gasteiger partial charge is 0.352 e. The maximum atomic E-state index is 12.8. The fourth-order valence-corrected chi connectivity index (χ4v) is 2.37. The van der Waals surface area contributed by atoms with Gasteiger partial charge in [-0.2, -0.15) is 13.2 Å². The van der Waals surface area contributed by atoms with Crippen molar-refractivity contribution in [3.05, 3.63) is 35.4 Å². The number of alkyl halides is 3. The first kappa shape index (κ1) is 14.8. The Balaban J connectivity index is 1.92. The number of nitrogens with one attached hydrogen (secondary N) is 2. The van der Waals surface area contributed by atoms with Crippen LogP contribution in [0.4, 0.5) is 13.2 Å². The zero-order valence-electron chi connectivity index (χ0n) is 11.0. The van der Waals surface area contributed by atoms with Gasteiger partial charge in [0.25, 0.3) is 0 Å². The zero-order chi connectivity index (χ0) is 14.6. The van der Waals surface area contributed by atoms with Crippen molar-refractivity contribution in [3.63, 3.8) is 0 Å². The fourth-order valence-electron chi connectivity index (χ4n) is 2.37. The second kappa shape index (κ2) is 6.26. The standard InChI is InChI=1S/C14H17F3N2O/c15-14(16,17)12-4-2-1-3-11(12)9-19-13(20)7-10-5-6-18-8-10/h1-4,10,18H,5-9H2,(H,19,20). The van der Waals surface area contributed by atoms with Crippen LogP contribution in [0.1, 0.15) is 24.0 Å². The molecule has 2 rings (SSSR count). The van der Waals surface area contributed by atoms with Gasteiger partial charge in [-0.1, -0.05) is 18.2 Å². The summed E-state index contributed by atoms with van der Waals surface area (Å²) in [6, 6.07) is 5.30. The molecule has 1 fully saturated rings. The van der Waals surface area contributed by atoms with Gasteiger partial charge in [0.05, 0.1) is 5.56 Å².